The van der Waals surface area contributed by atoms with Gasteiger partial charge in [0.05, 0.1) is 11.9 Å². The van der Waals surface area contributed by atoms with Crippen molar-refractivity contribution in [2.75, 3.05) is 38.7 Å². The Balaban J connectivity index is 1.46. The largest absolute Gasteiger partial charge is 0.474 e. The first kappa shape index (κ1) is 16.1. The van der Waals surface area contributed by atoms with Crippen LogP contribution in [-0.4, -0.2) is 55.2 Å². The number of hydrogen-bond acceptors (Lipinski definition) is 5. The molecule has 1 N–H and O–H groups in total. The molecule has 6 nitrogen and oxygen atoms in total. The summed E-state index contributed by atoms with van der Waals surface area (Å²) in [6, 6.07) is 3.83. The fraction of sp³-hybridized carbons (Fsp3) is 0.647. The van der Waals surface area contributed by atoms with Gasteiger partial charge in [0.15, 0.2) is 0 Å². The Hall–Kier alpha value is -1.82. The fourth-order valence-electron chi connectivity index (χ4n) is 3.17. The molecule has 0 radical (unpaired) electrons. The molecular formula is C17H25N3O3. The maximum absolute atomic E-state index is 12.5. The first-order chi connectivity index (χ1) is 11.3. The number of ether oxygens (including phenoxy) is 2. The lowest BCUT2D eigenvalue weighted by Gasteiger charge is -2.35. The van der Waals surface area contributed by atoms with Gasteiger partial charge in [-0.3, -0.25) is 4.79 Å². The SMILES string of the molecule is CNc1ccc(OC2CCN(C(=O)C3CCOCC3)CC2)nc1. The number of piperidine rings is 1. The number of carbonyl (C=O) groups excluding carboxylic acids is 1. The highest BCUT2D eigenvalue weighted by Gasteiger charge is 2.30. The second kappa shape index (κ2) is 7.64. The Morgan fingerprint density at radius 1 is 1.26 bits per heavy atom. The molecule has 2 aliphatic heterocycles. The van der Waals surface area contributed by atoms with E-state index in [1.807, 2.05) is 24.1 Å². The van der Waals surface area contributed by atoms with Crippen molar-refractivity contribution in [3.8, 4) is 5.88 Å². The Bertz CT molecular complexity index is 506. The van der Waals surface area contributed by atoms with Gasteiger partial charge in [0, 0.05) is 58.2 Å². The van der Waals surface area contributed by atoms with E-state index < -0.39 is 0 Å². The molecule has 3 heterocycles. The minimum Gasteiger partial charge on any atom is -0.474 e. The zero-order valence-corrected chi connectivity index (χ0v) is 13.7. The number of aromatic nitrogens is 1. The maximum atomic E-state index is 12.5. The summed E-state index contributed by atoms with van der Waals surface area (Å²) in [5.41, 5.74) is 0.967. The van der Waals surface area contributed by atoms with Gasteiger partial charge in [-0.05, 0) is 18.9 Å². The molecule has 0 unspecified atom stereocenters. The van der Waals surface area contributed by atoms with Crippen LogP contribution in [0.25, 0.3) is 0 Å². The van der Waals surface area contributed by atoms with Crippen LogP contribution in [0.2, 0.25) is 0 Å². The van der Waals surface area contributed by atoms with Crippen molar-refractivity contribution in [3.63, 3.8) is 0 Å². The molecule has 0 saturated carbocycles. The van der Waals surface area contributed by atoms with Crippen LogP contribution in [0.3, 0.4) is 0 Å². The van der Waals surface area contributed by atoms with Gasteiger partial charge in [0.2, 0.25) is 11.8 Å². The molecule has 0 aromatic carbocycles. The molecular weight excluding hydrogens is 294 g/mol. The normalized spacial score (nSPS) is 20.3. The minimum absolute atomic E-state index is 0.140. The molecule has 1 aromatic heterocycles. The molecule has 1 aromatic rings. The summed E-state index contributed by atoms with van der Waals surface area (Å²) in [4.78, 5) is 18.8. The monoisotopic (exact) mass is 319 g/mol. The summed E-state index contributed by atoms with van der Waals surface area (Å²) in [6.07, 6.45) is 5.35. The number of anilines is 1. The Morgan fingerprint density at radius 3 is 2.61 bits per heavy atom. The fourth-order valence-corrected chi connectivity index (χ4v) is 3.17. The molecule has 0 spiro atoms. The average Bonchev–Trinajstić information content (AvgIpc) is 2.63. The lowest BCUT2D eigenvalue weighted by Crippen LogP contribution is -2.45. The maximum Gasteiger partial charge on any atom is 0.225 e. The van der Waals surface area contributed by atoms with Crippen LogP contribution in [0.15, 0.2) is 18.3 Å². The Kier molecular flexibility index (Phi) is 5.33. The third-order valence-electron chi connectivity index (χ3n) is 4.64. The first-order valence-electron chi connectivity index (χ1n) is 8.43. The lowest BCUT2D eigenvalue weighted by atomic mass is 9.97. The van der Waals surface area contributed by atoms with Crippen molar-refractivity contribution in [2.45, 2.75) is 31.8 Å². The predicted octanol–water partition coefficient (Wildman–Crippen LogP) is 1.92. The Morgan fingerprint density at radius 2 is 2.00 bits per heavy atom. The molecule has 23 heavy (non-hydrogen) atoms. The second-order valence-corrected chi connectivity index (χ2v) is 6.16. The number of amides is 1. The van der Waals surface area contributed by atoms with E-state index in [2.05, 4.69) is 10.3 Å². The standard InChI is InChI=1S/C17H25N3O3/c1-18-14-2-3-16(19-12-14)23-15-4-8-20(9-5-15)17(21)13-6-10-22-11-7-13/h2-3,12-13,15,18H,4-11H2,1H3. The van der Waals surface area contributed by atoms with Gasteiger partial charge in [-0.1, -0.05) is 0 Å². The first-order valence-corrected chi connectivity index (χ1v) is 8.43. The third kappa shape index (κ3) is 4.13. The van der Waals surface area contributed by atoms with Gasteiger partial charge in [0.1, 0.15) is 6.10 Å². The highest BCUT2D eigenvalue weighted by atomic mass is 16.5. The lowest BCUT2D eigenvalue weighted by molar-refractivity contribution is -0.140. The average molecular weight is 319 g/mol. The van der Waals surface area contributed by atoms with Gasteiger partial charge in [-0.25, -0.2) is 4.98 Å². The number of carbonyl (C=O) groups is 1. The van der Waals surface area contributed by atoms with E-state index in [-0.39, 0.29) is 12.0 Å². The molecule has 6 heteroatoms. The molecule has 2 aliphatic rings. The summed E-state index contributed by atoms with van der Waals surface area (Å²) in [7, 11) is 1.86. The molecule has 0 bridgehead atoms. The van der Waals surface area contributed by atoms with Crippen LogP contribution < -0.4 is 10.1 Å². The molecule has 2 saturated heterocycles. The topological polar surface area (TPSA) is 63.7 Å². The number of nitrogens with one attached hydrogen (secondary N) is 1. The van der Waals surface area contributed by atoms with Gasteiger partial charge in [-0.2, -0.15) is 0 Å². The van der Waals surface area contributed by atoms with Gasteiger partial charge < -0.3 is 19.7 Å². The third-order valence-corrected chi connectivity index (χ3v) is 4.64. The van der Waals surface area contributed by atoms with E-state index >= 15 is 0 Å². The molecule has 0 atom stereocenters. The van der Waals surface area contributed by atoms with E-state index in [4.69, 9.17) is 9.47 Å². The molecule has 3 rings (SSSR count). The summed E-state index contributed by atoms with van der Waals surface area (Å²) < 4.78 is 11.3. The highest BCUT2D eigenvalue weighted by Crippen LogP contribution is 2.22. The molecule has 0 aliphatic carbocycles. The highest BCUT2D eigenvalue weighted by molar-refractivity contribution is 5.79. The van der Waals surface area contributed by atoms with E-state index in [0.717, 1.165) is 44.5 Å². The van der Waals surface area contributed by atoms with Crippen LogP contribution in [-0.2, 0) is 9.53 Å². The van der Waals surface area contributed by atoms with E-state index in [1.54, 1.807) is 6.20 Å². The molecule has 126 valence electrons. The Labute approximate surface area is 137 Å². The van der Waals surface area contributed by atoms with Crippen LogP contribution in [0, 0.1) is 5.92 Å². The van der Waals surface area contributed by atoms with Crippen molar-refractivity contribution >= 4 is 11.6 Å². The molecule has 2 fully saturated rings. The van der Waals surface area contributed by atoms with Crippen molar-refractivity contribution in [1.29, 1.82) is 0 Å². The van der Waals surface area contributed by atoms with E-state index in [0.29, 0.717) is 25.0 Å². The van der Waals surface area contributed by atoms with Crippen molar-refractivity contribution in [3.05, 3.63) is 18.3 Å². The summed E-state index contributed by atoms with van der Waals surface area (Å²) >= 11 is 0. The summed E-state index contributed by atoms with van der Waals surface area (Å²) in [5.74, 6) is 1.10. The number of hydrogen-bond donors (Lipinski definition) is 1. The van der Waals surface area contributed by atoms with Gasteiger partial charge in [0.25, 0.3) is 0 Å². The molecule has 1 amide bonds. The van der Waals surface area contributed by atoms with Gasteiger partial charge in [-0.15, -0.1) is 0 Å². The minimum atomic E-state index is 0.140. The van der Waals surface area contributed by atoms with Crippen LogP contribution >= 0.6 is 0 Å². The number of nitrogens with zero attached hydrogens (tertiary/aromatic N) is 2. The smallest absolute Gasteiger partial charge is 0.225 e. The second-order valence-electron chi connectivity index (χ2n) is 6.16. The zero-order chi connectivity index (χ0) is 16.1. The quantitative estimate of drug-likeness (QED) is 0.918. The van der Waals surface area contributed by atoms with E-state index in [1.165, 1.54) is 0 Å². The predicted molar refractivity (Wildman–Crippen MR) is 87.6 cm³/mol. The van der Waals surface area contributed by atoms with Crippen LogP contribution in [0.4, 0.5) is 5.69 Å². The number of pyridine rings is 1. The van der Waals surface area contributed by atoms with Crippen molar-refractivity contribution < 1.29 is 14.3 Å². The van der Waals surface area contributed by atoms with Crippen LogP contribution in [0.5, 0.6) is 5.88 Å². The van der Waals surface area contributed by atoms with Crippen LogP contribution in [0.1, 0.15) is 25.7 Å². The van der Waals surface area contributed by atoms with E-state index in [9.17, 15) is 4.79 Å². The summed E-state index contributed by atoms with van der Waals surface area (Å²) in [6.45, 7) is 2.97. The number of rotatable bonds is 4. The van der Waals surface area contributed by atoms with Crippen molar-refractivity contribution in [1.82, 2.24) is 9.88 Å². The zero-order valence-electron chi connectivity index (χ0n) is 13.7. The summed E-state index contributed by atoms with van der Waals surface area (Å²) in [5, 5.41) is 3.04. The van der Waals surface area contributed by atoms with Crippen molar-refractivity contribution in [2.24, 2.45) is 5.92 Å². The number of likely N-dealkylation sites (tertiary alicyclic amines) is 1. The van der Waals surface area contributed by atoms with Gasteiger partial charge >= 0.3 is 0 Å².